The van der Waals surface area contributed by atoms with Gasteiger partial charge in [0, 0.05) is 17.8 Å². The highest BCUT2D eigenvalue weighted by Gasteiger charge is 2.21. The average molecular weight is 323 g/mol. The highest BCUT2D eigenvalue weighted by atomic mass is 79.9. The average Bonchev–Trinajstić information content (AvgIpc) is 2.41. The molecule has 1 aliphatic rings. The Morgan fingerprint density at radius 1 is 1.42 bits per heavy atom. The van der Waals surface area contributed by atoms with E-state index in [1.807, 2.05) is 6.07 Å². The molecule has 0 bridgehead atoms. The third-order valence-corrected chi connectivity index (χ3v) is 3.38. The van der Waals surface area contributed by atoms with E-state index in [9.17, 15) is 4.79 Å². The van der Waals surface area contributed by atoms with E-state index in [4.69, 9.17) is 9.47 Å². The van der Waals surface area contributed by atoms with Gasteiger partial charge in [-0.2, -0.15) is 0 Å². The Morgan fingerprint density at radius 2 is 2.26 bits per heavy atom. The van der Waals surface area contributed by atoms with Crippen molar-refractivity contribution in [2.75, 3.05) is 18.5 Å². The first kappa shape index (κ1) is 12.5. The summed E-state index contributed by atoms with van der Waals surface area (Å²) in [4.78, 5) is 20.4. The Morgan fingerprint density at radius 3 is 2.95 bits per heavy atom. The molecule has 0 amide bonds. The van der Waals surface area contributed by atoms with Crippen molar-refractivity contribution in [2.24, 2.45) is 0 Å². The van der Waals surface area contributed by atoms with Gasteiger partial charge in [0.05, 0.1) is 24.1 Å². The molecular weight excluding hydrogens is 312 g/mol. The summed E-state index contributed by atoms with van der Waals surface area (Å²) in [7, 11) is 0. The van der Waals surface area contributed by atoms with Gasteiger partial charge in [0.15, 0.2) is 5.78 Å². The maximum absolute atomic E-state index is 11.9. The highest BCUT2D eigenvalue weighted by molar-refractivity contribution is 9.09. The zero-order chi connectivity index (χ0) is 13.2. The predicted octanol–water partition coefficient (Wildman–Crippen LogP) is 1.98. The van der Waals surface area contributed by atoms with Crippen LogP contribution in [0.5, 0.6) is 5.88 Å². The lowest BCUT2D eigenvalue weighted by Crippen LogP contribution is -2.38. The number of Topliss-reactive ketones (excluding diaryl/α,β-unsaturated/α-hetero) is 1. The van der Waals surface area contributed by atoms with Gasteiger partial charge in [-0.15, -0.1) is 0 Å². The van der Waals surface area contributed by atoms with Crippen LogP contribution in [0.2, 0.25) is 0 Å². The first-order chi connectivity index (χ1) is 9.28. The summed E-state index contributed by atoms with van der Waals surface area (Å²) in [5, 5.41) is 0.259. The molecule has 0 atom stereocenters. The number of pyridine rings is 2. The standard InChI is InChI=1S/C13H11BrN2O3/c14-5-11(17)9-3-4-15-10-1-2-12(16-13(9)10)19-8-6-18-7-8/h1-4,8H,5-7H2. The molecule has 2 aromatic rings. The second-order valence-corrected chi connectivity index (χ2v) is 4.77. The molecular formula is C13H11BrN2O3. The van der Waals surface area contributed by atoms with Crippen molar-refractivity contribution in [1.29, 1.82) is 0 Å². The number of halogens is 1. The van der Waals surface area contributed by atoms with Gasteiger partial charge in [-0.1, -0.05) is 15.9 Å². The van der Waals surface area contributed by atoms with Crippen LogP contribution in [0.4, 0.5) is 0 Å². The number of rotatable bonds is 4. The molecule has 0 saturated carbocycles. The van der Waals surface area contributed by atoms with Crippen molar-refractivity contribution in [3.05, 3.63) is 30.0 Å². The summed E-state index contributed by atoms with van der Waals surface area (Å²) < 4.78 is 10.7. The Kier molecular flexibility index (Phi) is 3.44. The van der Waals surface area contributed by atoms with E-state index in [1.54, 1.807) is 18.3 Å². The smallest absolute Gasteiger partial charge is 0.214 e. The second-order valence-electron chi connectivity index (χ2n) is 4.21. The van der Waals surface area contributed by atoms with E-state index in [0.717, 1.165) is 0 Å². The predicted molar refractivity (Wildman–Crippen MR) is 72.9 cm³/mol. The fraction of sp³-hybridized carbons (Fsp3) is 0.308. The van der Waals surface area contributed by atoms with Crippen molar-refractivity contribution < 1.29 is 14.3 Å². The third kappa shape index (κ3) is 2.46. The minimum Gasteiger partial charge on any atom is -0.469 e. The lowest BCUT2D eigenvalue weighted by atomic mass is 10.1. The number of hydrogen-bond donors (Lipinski definition) is 0. The largest absolute Gasteiger partial charge is 0.469 e. The number of carbonyl (C=O) groups is 1. The van der Waals surface area contributed by atoms with Gasteiger partial charge >= 0.3 is 0 Å². The molecule has 0 spiro atoms. The van der Waals surface area contributed by atoms with E-state index >= 15 is 0 Å². The summed E-state index contributed by atoms with van der Waals surface area (Å²) in [6.45, 7) is 1.17. The maximum Gasteiger partial charge on any atom is 0.214 e. The molecule has 0 radical (unpaired) electrons. The van der Waals surface area contributed by atoms with Gasteiger partial charge in [-0.3, -0.25) is 9.78 Å². The highest BCUT2D eigenvalue weighted by Crippen LogP contribution is 2.21. The Hall–Kier alpha value is -1.53. The molecule has 6 heteroatoms. The molecule has 0 unspecified atom stereocenters. The van der Waals surface area contributed by atoms with Crippen LogP contribution >= 0.6 is 15.9 Å². The molecule has 0 aromatic carbocycles. The molecule has 5 nitrogen and oxygen atoms in total. The van der Waals surface area contributed by atoms with Gasteiger partial charge in [0.25, 0.3) is 0 Å². The number of fused-ring (bicyclic) bond motifs is 1. The van der Waals surface area contributed by atoms with Gasteiger partial charge in [0.2, 0.25) is 5.88 Å². The van der Waals surface area contributed by atoms with Crippen molar-refractivity contribution >= 4 is 32.7 Å². The van der Waals surface area contributed by atoms with Crippen molar-refractivity contribution in [3.8, 4) is 5.88 Å². The van der Waals surface area contributed by atoms with E-state index in [2.05, 4.69) is 25.9 Å². The molecule has 1 aliphatic heterocycles. The number of carbonyl (C=O) groups excluding carboxylic acids is 1. The lowest BCUT2D eigenvalue weighted by molar-refractivity contribution is -0.0812. The molecule has 1 fully saturated rings. The SMILES string of the molecule is O=C(CBr)c1ccnc2ccc(OC3COC3)nc12. The van der Waals surface area contributed by atoms with E-state index in [0.29, 0.717) is 35.7 Å². The van der Waals surface area contributed by atoms with Crippen LogP contribution < -0.4 is 4.74 Å². The van der Waals surface area contributed by atoms with Crippen molar-refractivity contribution in [3.63, 3.8) is 0 Å². The van der Waals surface area contributed by atoms with Crippen LogP contribution in [-0.4, -0.2) is 40.4 Å². The fourth-order valence-electron chi connectivity index (χ4n) is 1.82. The molecule has 1 saturated heterocycles. The molecule has 0 N–H and O–H groups in total. The minimum absolute atomic E-state index is 0.0240. The van der Waals surface area contributed by atoms with Crippen LogP contribution in [0.25, 0.3) is 11.0 Å². The number of alkyl halides is 1. The molecule has 2 aromatic heterocycles. The summed E-state index contributed by atoms with van der Waals surface area (Å²) >= 11 is 3.17. The first-order valence-corrected chi connectivity index (χ1v) is 6.99. The second kappa shape index (κ2) is 5.22. The van der Waals surface area contributed by atoms with E-state index < -0.39 is 0 Å². The zero-order valence-corrected chi connectivity index (χ0v) is 11.6. The minimum atomic E-state index is -0.0240. The number of nitrogens with zero attached hydrogens (tertiary/aromatic N) is 2. The molecule has 98 valence electrons. The molecule has 0 aliphatic carbocycles. The van der Waals surface area contributed by atoms with Crippen LogP contribution in [0.3, 0.4) is 0 Å². The van der Waals surface area contributed by atoms with Gasteiger partial charge in [-0.25, -0.2) is 4.98 Å². The van der Waals surface area contributed by atoms with Crippen molar-refractivity contribution in [2.45, 2.75) is 6.10 Å². The summed E-state index contributed by atoms with van der Waals surface area (Å²) in [6.07, 6.45) is 1.66. The lowest BCUT2D eigenvalue weighted by Gasteiger charge is -2.26. The van der Waals surface area contributed by atoms with Gasteiger partial charge < -0.3 is 9.47 Å². The van der Waals surface area contributed by atoms with Crippen LogP contribution in [0, 0.1) is 0 Å². The van der Waals surface area contributed by atoms with E-state index in [1.165, 1.54) is 0 Å². The van der Waals surface area contributed by atoms with Crippen LogP contribution in [0.15, 0.2) is 24.4 Å². The maximum atomic E-state index is 11.9. The number of hydrogen-bond acceptors (Lipinski definition) is 5. The summed E-state index contributed by atoms with van der Waals surface area (Å²) in [5.41, 5.74) is 1.81. The Bertz CT molecular complexity index is 628. The van der Waals surface area contributed by atoms with Crippen molar-refractivity contribution in [1.82, 2.24) is 9.97 Å². The number of ketones is 1. The summed E-state index contributed by atoms with van der Waals surface area (Å²) in [6, 6.07) is 5.24. The monoisotopic (exact) mass is 322 g/mol. The first-order valence-electron chi connectivity index (χ1n) is 5.87. The summed E-state index contributed by atoms with van der Waals surface area (Å²) in [5.74, 6) is 0.474. The Labute approximate surface area is 118 Å². The normalized spacial score (nSPS) is 15.2. The number of ether oxygens (including phenoxy) is 2. The number of aromatic nitrogens is 2. The Balaban J connectivity index is 2.01. The van der Waals surface area contributed by atoms with Crippen LogP contribution in [-0.2, 0) is 4.74 Å². The molecule has 3 rings (SSSR count). The van der Waals surface area contributed by atoms with Gasteiger partial charge in [-0.05, 0) is 12.1 Å². The van der Waals surface area contributed by atoms with E-state index in [-0.39, 0.29) is 17.2 Å². The topological polar surface area (TPSA) is 61.3 Å². The quantitative estimate of drug-likeness (QED) is 0.636. The third-order valence-electron chi connectivity index (χ3n) is 2.88. The van der Waals surface area contributed by atoms with Gasteiger partial charge in [0.1, 0.15) is 11.6 Å². The molecule has 3 heterocycles. The zero-order valence-electron chi connectivity index (χ0n) is 10.0. The van der Waals surface area contributed by atoms with Crippen LogP contribution in [0.1, 0.15) is 10.4 Å². The molecule has 19 heavy (non-hydrogen) atoms. The fourth-order valence-corrected chi connectivity index (χ4v) is 2.12.